The van der Waals surface area contributed by atoms with Crippen molar-refractivity contribution in [2.24, 2.45) is 0 Å². The van der Waals surface area contributed by atoms with E-state index in [1.54, 1.807) is 23.1 Å². The molecule has 0 atom stereocenters. The van der Waals surface area contributed by atoms with Gasteiger partial charge in [0, 0.05) is 16.7 Å². The number of benzene rings is 3. The monoisotopic (exact) mass is 649 g/mol. The molecule has 0 saturated heterocycles. The lowest BCUT2D eigenvalue weighted by molar-refractivity contribution is -0.137. The largest absolute Gasteiger partial charge is 0.416 e. The summed E-state index contributed by atoms with van der Waals surface area (Å²) in [6.45, 7) is 0.396. The highest BCUT2D eigenvalue weighted by Gasteiger charge is 2.31. The zero-order chi connectivity index (χ0) is 28.4. The third-order valence-electron chi connectivity index (χ3n) is 6.23. The van der Waals surface area contributed by atoms with Crippen LogP contribution in [-0.2, 0) is 23.9 Å². The lowest BCUT2D eigenvalue weighted by Gasteiger charge is -2.17. The molecule has 3 aromatic carbocycles. The van der Waals surface area contributed by atoms with Crippen molar-refractivity contribution >= 4 is 56.8 Å². The number of rotatable bonds is 7. The summed E-state index contributed by atoms with van der Waals surface area (Å²) in [5.74, 6) is -0.485. The molecule has 0 unspecified atom stereocenters. The number of aromatic nitrogens is 3. The molecule has 7 nitrogen and oxygen atoms in total. The molecule has 2 heterocycles. The number of nitrogens with one attached hydrogen (secondary N) is 1. The molecular weight excluding hydrogens is 631 g/mol. The molecule has 0 radical (unpaired) electrons. The Bertz CT molecular complexity index is 1600. The van der Waals surface area contributed by atoms with Gasteiger partial charge in [-0.2, -0.15) is 13.2 Å². The van der Waals surface area contributed by atoms with E-state index >= 15 is 0 Å². The SMILES string of the molecule is O=C(NCc1nnc(SCC(=O)N2CCc3ccccc32)n1-c1cccc(C(F)(F)F)c1)c1cc(Br)ccc1Cl. The second-order valence-electron chi connectivity index (χ2n) is 8.80. The highest BCUT2D eigenvalue weighted by Crippen LogP contribution is 2.33. The standard InChI is InChI=1S/C27H20BrClF3N5O2S/c28-18-8-9-21(29)20(13-18)25(39)33-14-23-34-35-26(37(23)19-6-3-5-17(12-19)27(30,31)32)40-15-24(38)36-11-10-16-4-1-2-7-22(16)36/h1-9,12-13H,10-11,14-15H2,(H,33,39). The van der Waals surface area contributed by atoms with Crippen LogP contribution in [0.4, 0.5) is 18.9 Å². The fraction of sp³-hybridized carbons (Fsp3) is 0.185. The number of fused-ring (bicyclic) bond motifs is 1. The second-order valence-corrected chi connectivity index (χ2v) is 11.1. The van der Waals surface area contributed by atoms with E-state index in [0.29, 0.717) is 11.0 Å². The lowest BCUT2D eigenvalue weighted by atomic mass is 10.2. The first-order chi connectivity index (χ1) is 19.1. The molecule has 1 N–H and O–H groups in total. The zero-order valence-corrected chi connectivity index (χ0v) is 23.7. The van der Waals surface area contributed by atoms with Gasteiger partial charge in [0.2, 0.25) is 5.91 Å². The Morgan fingerprint density at radius 3 is 2.65 bits per heavy atom. The summed E-state index contributed by atoms with van der Waals surface area (Å²) in [6.07, 6.45) is -3.82. The van der Waals surface area contributed by atoms with Crippen molar-refractivity contribution in [3.05, 3.63) is 98.7 Å². The number of alkyl halides is 3. The van der Waals surface area contributed by atoms with Crippen LogP contribution in [-0.4, -0.2) is 38.9 Å². The van der Waals surface area contributed by atoms with Crippen molar-refractivity contribution in [3.8, 4) is 5.69 Å². The predicted octanol–water partition coefficient (Wildman–Crippen LogP) is 6.31. The molecule has 206 valence electrons. The zero-order valence-electron chi connectivity index (χ0n) is 20.6. The summed E-state index contributed by atoms with van der Waals surface area (Å²) in [6, 6.07) is 17.2. The van der Waals surface area contributed by atoms with Crippen LogP contribution in [0.1, 0.15) is 27.3 Å². The molecule has 0 aliphatic carbocycles. The first-order valence-electron chi connectivity index (χ1n) is 12.0. The maximum Gasteiger partial charge on any atom is 0.416 e. The number of thioether (sulfide) groups is 1. The van der Waals surface area contributed by atoms with Gasteiger partial charge in [-0.05, 0) is 54.4 Å². The summed E-state index contributed by atoms with van der Waals surface area (Å²) >= 11 is 10.5. The van der Waals surface area contributed by atoms with Gasteiger partial charge in [-0.1, -0.05) is 63.6 Å². The van der Waals surface area contributed by atoms with Gasteiger partial charge in [0.1, 0.15) is 0 Å². The number of carbonyl (C=O) groups excluding carboxylic acids is 2. The quantitative estimate of drug-likeness (QED) is 0.237. The number of nitrogens with zero attached hydrogens (tertiary/aromatic N) is 4. The lowest BCUT2D eigenvalue weighted by Crippen LogP contribution is -2.30. The second kappa shape index (κ2) is 11.6. The first kappa shape index (κ1) is 28.2. The van der Waals surface area contributed by atoms with Gasteiger partial charge in [0.05, 0.1) is 34.1 Å². The molecule has 0 saturated carbocycles. The fourth-order valence-electron chi connectivity index (χ4n) is 4.32. The molecule has 2 amide bonds. The van der Waals surface area contributed by atoms with E-state index < -0.39 is 17.6 Å². The molecule has 4 aromatic rings. The Balaban J connectivity index is 1.41. The molecule has 40 heavy (non-hydrogen) atoms. The summed E-state index contributed by atoms with van der Waals surface area (Å²) < 4.78 is 42.6. The van der Waals surface area contributed by atoms with Crippen LogP contribution in [0.15, 0.2) is 76.4 Å². The van der Waals surface area contributed by atoms with Crippen LogP contribution in [0.2, 0.25) is 5.02 Å². The molecule has 13 heteroatoms. The smallest absolute Gasteiger partial charge is 0.345 e. The van der Waals surface area contributed by atoms with Crippen molar-refractivity contribution in [2.45, 2.75) is 24.3 Å². The molecule has 0 spiro atoms. The number of hydrogen-bond acceptors (Lipinski definition) is 5. The van der Waals surface area contributed by atoms with E-state index in [9.17, 15) is 22.8 Å². The van der Waals surface area contributed by atoms with Crippen molar-refractivity contribution in [1.29, 1.82) is 0 Å². The Morgan fingerprint density at radius 2 is 1.85 bits per heavy atom. The molecule has 1 aromatic heterocycles. The highest BCUT2D eigenvalue weighted by molar-refractivity contribution is 9.10. The number of para-hydroxylation sites is 1. The van der Waals surface area contributed by atoms with E-state index in [1.807, 2.05) is 24.3 Å². The van der Waals surface area contributed by atoms with Crippen LogP contribution in [0.25, 0.3) is 5.69 Å². The van der Waals surface area contributed by atoms with Gasteiger partial charge in [0.15, 0.2) is 11.0 Å². The van der Waals surface area contributed by atoms with Gasteiger partial charge < -0.3 is 10.2 Å². The third kappa shape index (κ3) is 6.03. The highest BCUT2D eigenvalue weighted by atomic mass is 79.9. The minimum Gasteiger partial charge on any atom is -0.345 e. The molecule has 0 fully saturated rings. The molecule has 1 aliphatic rings. The minimum absolute atomic E-state index is 0.00849. The summed E-state index contributed by atoms with van der Waals surface area (Å²) in [5.41, 5.74) is 1.44. The summed E-state index contributed by atoms with van der Waals surface area (Å²) in [4.78, 5) is 27.6. The van der Waals surface area contributed by atoms with Crippen LogP contribution in [0, 0.1) is 0 Å². The van der Waals surface area contributed by atoms with Gasteiger partial charge in [-0.25, -0.2) is 0 Å². The summed E-state index contributed by atoms with van der Waals surface area (Å²) in [7, 11) is 0. The van der Waals surface area contributed by atoms with Gasteiger partial charge in [0.25, 0.3) is 5.91 Å². The molecule has 5 rings (SSSR count). The van der Waals surface area contributed by atoms with Crippen LogP contribution < -0.4 is 10.2 Å². The Kier molecular flexibility index (Phi) is 8.20. The number of hydrogen-bond donors (Lipinski definition) is 1. The molecular formula is C27H20BrClF3N5O2S. The topological polar surface area (TPSA) is 80.1 Å². The van der Waals surface area contributed by atoms with E-state index in [1.165, 1.54) is 16.7 Å². The van der Waals surface area contributed by atoms with Crippen LogP contribution in [0.5, 0.6) is 0 Å². The molecule has 0 bridgehead atoms. The van der Waals surface area contributed by atoms with Gasteiger partial charge in [-0.15, -0.1) is 10.2 Å². The predicted molar refractivity (Wildman–Crippen MR) is 150 cm³/mol. The average Bonchev–Trinajstić information content (AvgIpc) is 3.55. The van der Waals surface area contributed by atoms with E-state index in [4.69, 9.17) is 11.6 Å². The third-order valence-corrected chi connectivity index (χ3v) is 7.96. The number of anilines is 1. The number of carbonyl (C=O) groups is 2. The van der Waals surface area contributed by atoms with Crippen molar-refractivity contribution in [2.75, 3.05) is 17.2 Å². The average molecular weight is 651 g/mol. The fourth-order valence-corrected chi connectivity index (χ4v) is 5.73. The normalized spacial score (nSPS) is 12.9. The summed E-state index contributed by atoms with van der Waals surface area (Å²) in [5, 5.41) is 11.4. The maximum absolute atomic E-state index is 13.5. The first-order valence-corrected chi connectivity index (χ1v) is 14.1. The van der Waals surface area contributed by atoms with E-state index in [2.05, 4.69) is 31.4 Å². The minimum atomic E-state index is -4.57. The Morgan fingerprint density at radius 1 is 1.05 bits per heavy atom. The van der Waals surface area contributed by atoms with Crippen molar-refractivity contribution in [3.63, 3.8) is 0 Å². The Labute approximate surface area is 244 Å². The maximum atomic E-state index is 13.5. The van der Waals surface area contributed by atoms with E-state index in [0.717, 1.165) is 41.6 Å². The van der Waals surface area contributed by atoms with Crippen LogP contribution in [0.3, 0.4) is 0 Å². The van der Waals surface area contributed by atoms with Crippen molar-refractivity contribution in [1.82, 2.24) is 20.1 Å². The van der Waals surface area contributed by atoms with Crippen molar-refractivity contribution < 1.29 is 22.8 Å². The van der Waals surface area contributed by atoms with Gasteiger partial charge >= 0.3 is 6.18 Å². The van der Waals surface area contributed by atoms with E-state index in [-0.39, 0.29) is 45.5 Å². The molecule has 1 aliphatic heterocycles. The Hall–Kier alpha value is -3.35. The number of amides is 2. The number of halogens is 5. The van der Waals surface area contributed by atoms with Crippen LogP contribution >= 0.6 is 39.3 Å². The van der Waals surface area contributed by atoms with Gasteiger partial charge in [-0.3, -0.25) is 14.2 Å².